The predicted molar refractivity (Wildman–Crippen MR) is 72.1 cm³/mol. The third kappa shape index (κ3) is 3.90. The molecule has 0 saturated carbocycles. The summed E-state index contributed by atoms with van der Waals surface area (Å²) in [5, 5.41) is 2.62. The topological polar surface area (TPSA) is 58.6 Å². The van der Waals surface area contributed by atoms with Crippen LogP contribution in [0.1, 0.15) is 19.8 Å². The zero-order chi connectivity index (χ0) is 15.4. The molecule has 0 aliphatic carbocycles. The van der Waals surface area contributed by atoms with Crippen molar-refractivity contribution in [1.82, 2.24) is 4.90 Å². The van der Waals surface area contributed by atoms with Gasteiger partial charge in [-0.15, -0.1) is 0 Å². The number of alkyl halides is 2. The first kappa shape index (κ1) is 15.2. The van der Waals surface area contributed by atoms with Gasteiger partial charge in [-0.05, 0) is 25.0 Å². The van der Waals surface area contributed by atoms with E-state index in [0.717, 1.165) is 6.42 Å². The van der Waals surface area contributed by atoms with Gasteiger partial charge in [-0.1, -0.05) is 6.07 Å². The zero-order valence-electron chi connectivity index (χ0n) is 11.5. The van der Waals surface area contributed by atoms with Crippen molar-refractivity contribution in [3.05, 3.63) is 24.3 Å². The van der Waals surface area contributed by atoms with Crippen molar-refractivity contribution in [1.29, 1.82) is 0 Å². The molecule has 1 saturated heterocycles. The maximum atomic E-state index is 12.2. The summed E-state index contributed by atoms with van der Waals surface area (Å²) in [6.45, 7) is -0.941. The average Bonchev–Trinajstić information content (AvgIpc) is 2.87. The van der Waals surface area contributed by atoms with Crippen LogP contribution in [-0.4, -0.2) is 35.9 Å². The first-order valence-corrected chi connectivity index (χ1v) is 6.60. The molecule has 1 N–H and O–H groups in total. The lowest BCUT2D eigenvalue weighted by Crippen LogP contribution is -2.42. The normalized spacial score (nSPS) is 17.9. The molecule has 0 aromatic heterocycles. The van der Waals surface area contributed by atoms with Gasteiger partial charge in [0.1, 0.15) is 11.8 Å². The Labute approximate surface area is 120 Å². The van der Waals surface area contributed by atoms with Gasteiger partial charge in [0, 0.05) is 25.2 Å². The van der Waals surface area contributed by atoms with E-state index in [1.54, 1.807) is 6.07 Å². The Morgan fingerprint density at radius 1 is 1.43 bits per heavy atom. The number of anilines is 1. The Kier molecular flexibility index (Phi) is 4.72. The molecule has 0 spiro atoms. The van der Waals surface area contributed by atoms with Crippen molar-refractivity contribution in [3.63, 3.8) is 0 Å². The average molecular weight is 298 g/mol. The van der Waals surface area contributed by atoms with Crippen molar-refractivity contribution in [3.8, 4) is 5.75 Å². The summed E-state index contributed by atoms with van der Waals surface area (Å²) in [4.78, 5) is 25.1. The summed E-state index contributed by atoms with van der Waals surface area (Å²) in [5.41, 5.74) is 0.355. The molecule has 2 amide bonds. The van der Waals surface area contributed by atoms with Crippen LogP contribution in [0.4, 0.5) is 14.5 Å². The summed E-state index contributed by atoms with van der Waals surface area (Å²) in [6.07, 6.45) is 1.37. The number of amides is 2. The molecular formula is C14H16F2N2O3. The lowest BCUT2D eigenvalue weighted by atomic mass is 10.2. The van der Waals surface area contributed by atoms with Crippen molar-refractivity contribution < 1.29 is 23.1 Å². The molecule has 1 fully saturated rings. The minimum absolute atomic E-state index is 0.0300. The van der Waals surface area contributed by atoms with E-state index in [0.29, 0.717) is 18.7 Å². The molecule has 1 atom stereocenters. The van der Waals surface area contributed by atoms with E-state index in [2.05, 4.69) is 10.1 Å². The lowest BCUT2D eigenvalue weighted by molar-refractivity contribution is -0.134. The number of carbonyl (C=O) groups is 2. The first-order valence-electron chi connectivity index (χ1n) is 6.60. The fraction of sp³-hybridized carbons (Fsp3) is 0.429. The first-order chi connectivity index (χ1) is 9.97. The maximum Gasteiger partial charge on any atom is 0.387 e. The molecule has 5 nitrogen and oxygen atoms in total. The second-order valence-electron chi connectivity index (χ2n) is 4.77. The smallest absolute Gasteiger partial charge is 0.387 e. The zero-order valence-corrected chi connectivity index (χ0v) is 11.5. The quantitative estimate of drug-likeness (QED) is 0.927. The summed E-state index contributed by atoms with van der Waals surface area (Å²) in [7, 11) is 0. The minimum atomic E-state index is -2.92. The van der Waals surface area contributed by atoms with E-state index in [4.69, 9.17) is 0 Å². The van der Waals surface area contributed by atoms with Gasteiger partial charge < -0.3 is 15.0 Å². The predicted octanol–water partition coefficient (Wildman–Crippen LogP) is 2.24. The highest BCUT2D eigenvalue weighted by atomic mass is 19.3. The maximum absolute atomic E-state index is 12.2. The molecule has 1 aromatic rings. The van der Waals surface area contributed by atoms with Gasteiger partial charge in [0.15, 0.2) is 0 Å². The molecule has 1 aliphatic heterocycles. The SMILES string of the molecule is CC(=O)N1CCC[C@H]1C(=O)Nc1cccc(OC(F)F)c1. The fourth-order valence-electron chi connectivity index (χ4n) is 2.39. The Bertz CT molecular complexity index is 537. The number of nitrogens with one attached hydrogen (secondary N) is 1. The van der Waals surface area contributed by atoms with Crippen LogP contribution >= 0.6 is 0 Å². The molecule has 0 unspecified atom stereocenters. The standard InChI is InChI=1S/C14H16F2N2O3/c1-9(19)18-7-3-6-12(18)13(20)17-10-4-2-5-11(8-10)21-14(15)16/h2,4-5,8,12,14H,3,6-7H2,1H3,(H,17,20)/t12-/m0/s1. The Morgan fingerprint density at radius 2 is 2.19 bits per heavy atom. The number of carbonyl (C=O) groups excluding carboxylic acids is 2. The fourth-order valence-corrected chi connectivity index (χ4v) is 2.39. The van der Waals surface area contributed by atoms with Gasteiger partial charge in [0.25, 0.3) is 0 Å². The molecule has 1 aliphatic rings. The Morgan fingerprint density at radius 3 is 2.86 bits per heavy atom. The third-order valence-corrected chi connectivity index (χ3v) is 3.29. The Balaban J connectivity index is 2.04. The molecule has 7 heteroatoms. The van der Waals surface area contributed by atoms with Gasteiger partial charge in [0.2, 0.25) is 11.8 Å². The van der Waals surface area contributed by atoms with Crippen LogP contribution in [0, 0.1) is 0 Å². The van der Waals surface area contributed by atoms with Crippen LogP contribution < -0.4 is 10.1 Å². The molecule has 2 rings (SSSR count). The van der Waals surface area contributed by atoms with E-state index in [9.17, 15) is 18.4 Å². The van der Waals surface area contributed by atoms with E-state index in [-0.39, 0.29) is 17.6 Å². The number of rotatable bonds is 4. The number of ether oxygens (including phenoxy) is 1. The van der Waals surface area contributed by atoms with Crippen molar-refractivity contribution in [2.45, 2.75) is 32.4 Å². The monoisotopic (exact) mass is 298 g/mol. The van der Waals surface area contributed by atoms with Crippen LogP contribution in [0.2, 0.25) is 0 Å². The van der Waals surface area contributed by atoms with E-state index < -0.39 is 12.7 Å². The van der Waals surface area contributed by atoms with Gasteiger partial charge in [-0.2, -0.15) is 8.78 Å². The van der Waals surface area contributed by atoms with Crippen LogP contribution in [0.3, 0.4) is 0 Å². The number of benzene rings is 1. The van der Waals surface area contributed by atoms with E-state index in [1.807, 2.05) is 0 Å². The third-order valence-electron chi connectivity index (χ3n) is 3.29. The number of nitrogens with zero attached hydrogens (tertiary/aromatic N) is 1. The summed E-state index contributed by atoms with van der Waals surface area (Å²) in [5.74, 6) is -0.503. The molecular weight excluding hydrogens is 282 g/mol. The van der Waals surface area contributed by atoms with Gasteiger partial charge in [-0.25, -0.2) is 0 Å². The second kappa shape index (κ2) is 6.51. The van der Waals surface area contributed by atoms with E-state index >= 15 is 0 Å². The highest BCUT2D eigenvalue weighted by molar-refractivity contribution is 5.97. The van der Waals surface area contributed by atoms with Gasteiger partial charge >= 0.3 is 6.61 Å². The van der Waals surface area contributed by atoms with Gasteiger partial charge in [-0.3, -0.25) is 9.59 Å². The molecule has 0 bridgehead atoms. The molecule has 114 valence electrons. The molecule has 0 radical (unpaired) electrons. The van der Waals surface area contributed by atoms with Crippen LogP contribution in [0.15, 0.2) is 24.3 Å². The minimum Gasteiger partial charge on any atom is -0.435 e. The summed E-state index contributed by atoms with van der Waals surface area (Å²) in [6, 6.07) is 5.26. The lowest BCUT2D eigenvalue weighted by Gasteiger charge is -2.22. The van der Waals surface area contributed by atoms with E-state index in [1.165, 1.54) is 30.0 Å². The van der Waals surface area contributed by atoms with Crippen molar-refractivity contribution >= 4 is 17.5 Å². The van der Waals surface area contributed by atoms with Gasteiger partial charge in [0.05, 0.1) is 0 Å². The van der Waals surface area contributed by atoms with Crippen LogP contribution in [0.5, 0.6) is 5.75 Å². The van der Waals surface area contributed by atoms with Crippen LogP contribution in [-0.2, 0) is 9.59 Å². The number of hydrogen-bond donors (Lipinski definition) is 1. The number of hydrogen-bond acceptors (Lipinski definition) is 3. The molecule has 1 aromatic carbocycles. The number of halogens is 2. The van der Waals surface area contributed by atoms with Crippen LogP contribution in [0.25, 0.3) is 0 Å². The highest BCUT2D eigenvalue weighted by Crippen LogP contribution is 2.22. The molecule has 1 heterocycles. The molecule has 21 heavy (non-hydrogen) atoms. The number of likely N-dealkylation sites (tertiary alicyclic amines) is 1. The second-order valence-corrected chi connectivity index (χ2v) is 4.77. The summed E-state index contributed by atoms with van der Waals surface area (Å²) >= 11 is 0. The van der Waals surface area contributed by atoms with Crippen molar-refractivity contribution in [2.24, 2.45) is 0 Å². The summed E-state index contributed by atoms with van der Waals surface area (Å²) < 4.78 is 28.6. The van der Waals surface area contributed by atoms with Crippen molar-refractivity contribution in [2.75, 3.05) is 11.9 Å². The Hall–Kier alpha value is -2.18. The largest absolute Gasteiger partial charge is 0.435 e. The highest BCUT2D eigenvalue weighted by Gasteiger charge is 2.32.